The van der Waals surface area contributed by atoms with Crippen LogP contribution in [0.25, 0.3) is 0 Å². The first-order valence-corrected chi connectivity index (χ1v) is 6.65. The Bertz CT molecular complexity index is 677. The SMILES string of the molecule is O=C(COc1cccc(F)c1)NNC(=O)c1ccc(Cl)cc1. The maximum absolute atomic E-state index is 12.9. The molecule has 0 fully saturated rings. The Kier molecular flexibility index (Phi) is 5.32. The minimum atomic E-state index is -0.577. The van der Waals surface area contributed by atoms with Crippen molar-refractivity contribution in [3.63, 3.8) is 0 Å². The van der Waals surface area contributed by atoms with E-state index in [1.54, 1.807) is 12.1 Å². The lowest BCUT2D eigenvalue weighted by atomic mass is 10.2. The molecule has 114 valence electrons. The molecule has 0 aliphatic heterocycles. The van der Waals surface area contributed by atoms with Crippen LogP contribution in [-0.4, -0.2) is 18.4 Å². The summed E-state index contributed by atoms with van der Waals surface area (Å²) < 4.78 is 18.0. The molecule has 0 saturated carbocycles. The molecule has 0 spiro atoms. The van der Waals surface area contributed by atoms with Crippen molar-refractivity contribution in [3.05, 3.63) is 64.9 Å². The number of hydrogen-bond acceptors (Lipinski definition) is 3. The third-order valence-electron chi connectivity index (χ3n) is 2.59. The predicted octanol–water partition coefficient (Wildman–Crippen LogP) is 2.32. The van der Waals surface area contributed by atoms with Gasteiger partial charge in [-0.05, 0) is 36.4 Å². The van der Waals surface area contributed by atoms with E-state index in [2.05, 4.69) is 10.9 Å². The normalized spacial score (nSPS) is 9.91. The van der Waals surface area contributed by atoms with Gasteiger partial charge in [0.05, 0.1) is 0 Å². The second-order valence-electron chi connectivity index (χ2n) is 4.26. The van der Waals surface area contributed by atoms with Crippen molar-refractivity contribution in [3.8, 4) is 5.75 Å². The third-order valence-corrected chi connectivity index (χ3v) is 2.84. The molecule has 0 unspecified atom stereocenters. The van der Waals surface area contributed by atoms with Crippen LogP contribution in [0.15, 0.2) is 48.5 Å². The van der Waals surface area contributed by atoms with Gasteiger partial charge >= 0.3 is 0 Å². The van der Waals surface area contributed by atoms with Gasteiger partial charge in [0.1, 0.15) is 11.6 Å². The molecule has 0 atom stereocenters. The molecular weight excluding hydrogens is 311 g/mol. The lowest BCUT2D eigenvalue weighted by Gasteiger charge is -2.09. The van der Waals surface area contributed by atoms with E-state index in [0.29, 0.717) is 10.6 Å². The number of hydrazine groups is 1. The molecule has 2 aromatic rings. The number of ether oxygens (including phenoxy) is 1. The van der Waals surface area contributed by atoms with E-state index >= 15 is 0 Å². The fourth-order valence-corrected chi connectivity index (χ4v) is 1.67. The van der Waals surface area contributed by atoms with Gasteiger partial charge in [-0.3, -0.25) is 20.4 Å². The van der Waals surface area contributed by atoms with Crippen molar-refractivity contribution in [2.75, 3.05) is 6.61 Å². The Morgan fingerprint density at radius 1 is 1.09 bits per heavy atom. The van der Waals surface area contributed by atoms with Crippen molar-refractivity contribution in [2.24, 2.45) is 0 Å². The Hall–Kier alpha value is -2.60. The average Bonchev–Trinajstić information content (AvgIpc) is 2.51. The second-order valence-corrected chi connectivity index (χ2v) is 4.69. The van der Waals surface area contributed by atoms with Crippen LogP contribution in [-0.2, 0) is 4.79 Å². The monoisotopic (exact) mass is 322 g/mol. The van der Waals surface area contributed by atoms with E-state index in [4.69, 9.17) is 16.3 Å². The molecule has 0 heterocycles. The molecule has 22 heavy (non-hydrogen) atoms. The Balaban J connectivity index is 1.78. The van der Waals surface area contributed by atoms with E-state index in [1.807, 2.05) is 0 Å². The molecule has 0 saturated heterocycles. The number of benzene rings is 2. The smallest absolute Gasteiger partial charge is 0.276 e. The van der Waals surface area contributed by atoms with Crippen LogP contribution < -0.4 is 15.6 Å². The molecule has 0 radical (unpaired) electrons. The molecule has 2 amide bonds. The van der Waals surface area contributed by atoms with Crippen molar-refractivity contribution < 1.29 is 18.7 Å². The second kappa shape index (κ2) is 7.42. The van der Waals surface area contributed by atoms with Gasteiger partial charge in [-0.2, -0.15) is 0 Å². The largest absolute Gasteiger partial charge is 0.484 e. The van der Waals surface area contributed by atoms with Crippen molar-refractivity contribution in [1.82, 2.24) is 10.9 Å². The first kappa shape index (κ1) is 15.8. The van der Waals surface area contributed by atoms with Crippen LogP contribution in [0.3, 0.4) is 0 Å². The van der Waals surface area contributed by atoms with E-state index in [-0.39, 0.29) is 12.4 Å². The van der Waals surface area contributed by atoms with E-state index < -0.39 is 17.6 Å². The fourth-order valence-electron chi connectivity index (χ4n) is 1.54. The summed E-state index contributed by atoms with van der Waals surface area (Å²) in [5.74, 6) is -1.31. The van der Waals surface area contributed by atoms with Gasteiger partial charge < -0.3 is 4.74 Å². The van der Waals surface area contributed by atoms with Gasteiger partial charge in [0.25, 0.3) is 11.8 Å². The number of carbonyl (C=O) groups is 2. The van der Waals surface area contributed by atoms with Crippen LogP contribution in [0.4, 0.5) is 4.39 Å². The first-order valence-electron chi connectivity index (χ1n) is 6.28. The van der Waals surface area contributed by atoms with Crippen molar-refractivity contribution in [1.29, 1.82) is 0 Å². The number of halogens is 2. The number of rotatable bonds is 4. The summed E-state index contributed by atoms with van der Waals surface area (Å²) in [7, 11) is 0. The van der Waals surface area contributed by atoms with E-state index in [0.717, 1.165) is 6.07 Å². The molecule has 0 aliphatic carbocycles. The highest BCUT2D eigenvalue weighted by Crippen LogP contribution is 2.11. The minimum absolute atomic E-state index is 0.221. The highest BCUT2D eigenvalue weighted by Gasteiger charge is 2.08. The van der Waals surface area contributed by atoms with Gasteiger partial charge in [-0.25, -0.2) is 4.39 Å². The van der Waals surface area contributed by atoms with Crippen LogP contribution >= 0.6 is 11.6 Å². The Labute approximate surface area is 131 Å². The molecule has 0 aromatic heterocycles. The number of amides is 2. The van der Waals surface area contributed by atoms with E-state index in [1.165, 1.54) is 30.3 Å². The number of hydrogen-bond donors (Lipinski definition) is 2. The predicted molar refractivity (Wildman–Crippen MR) is 79.0 cm³/mol. The molecule has 2 rings (SSSR count). The Morgan fingerprint density at radius 2 is 1.82 bits per heavy atom. The van der Waals surface area contributed by atoms with Crippen LogP contribution in [0.2, 0.25) is 5.02 Å². The van der Waals surface area contributed by atoms with Gasteiger partial charge in [0.2, 0.25) is 0 Å². The molecular formula is C15H12ClFN2O3. The summed E-state index contributed by atoms with van der Waals surface area (Å²) >= 11 is 5.71. The lowest BCUT2D eigenvalue weighted by molar-refractivity contribution is -0.123. The molecule has 0 aliphatic rings. The van der Waals surface area contributed by atoms with Crippen LogP contribution in [0.5, 0.6) is 5.75 Å². The van der Waals surface area contributed by atoms with Gasteiger partial charge in [0, 0.05) is 16.7 Å². The first-order chi connectivity index (χ1) is 10.5. The van der Waals surface area contributed by atoms with Gasteiger partial charge in [-0.15, -0.1) is 0 Å². The zero-order valence-corrected chi connectivity index (χ0v) is 12.1. The molecule has 2 aromatic carbocycles. The zero-order valence-electron chi connectivity index (χ0n) is 11.3. The fraction of sp³-hybridized carbons (Fsp3) is 0.0667. The maximum Gasteiger partial charge on any atom is 0.276 e. The maximum atomic E-state index is 12.9. The minimum Gasteiger partial charge on any atom is -0.484 e. The van der Waals surface area contributed by atoms with Crippen LogP contribution in [0.1, 0.15) is 10.4 Å². The standard InChI is InChI=1S/C15H12ClFN2O3/c16-11-6-4-10(5-7-11)15(21)19-18-14(20)9-22-13-3-1-2-12(17)8-13/h1-8H,9H2,(H,18,20)(H,19,21). The molecule has 0 bridgehead atoms. The van der Waals surface area contributed by atoms with Crippen molar-refractivity contribution >= 4 is 23.4 Å². The highest BCUT2D eigenvalue weighted by molar-refractivity contribution is 6.30. The van der Waals surface area contributed by atoms with Gasteiger partial charge in [0.15, 0.2) is 6.61 Å². The number of carbonyl (C=O) groups excluding carboxylic acids is 2. The van der Waals surface area contributed by atoms with Crippen molar-refractivity contribution in [2.45, 2.75) is 0 Å². The summed E-state index contributed by atoms with van der Waals surface area (Å²) in [4.78, 5) is 23.2. The zero-order chi connectivity index (χ0) is 15.9. The summed E-state index contributed by atoms with van der Waals surface area (Å²) in [6.07, 6.45) is 0. The molecule has 5 nitrogen and oxygen atoms in total. The van der Waals surface area contributed by atoms with Gasteiger partial charge in [-0.1, -0.05) is 17.7 Å². The summed E-state index contributed by atoms with van der Waals surface area (Å²) in [6, 6.07) is 11.6. The average molecular weight is 323 g/mol. The van der Waals surface area contributed by atoms with E-state index in [9.17, 15) is 14.0 Å². The topological polar surface area (TPSA) is 67.4 Å². The summed E-state index contributed by atoms with van der Waals surface area (Å²) in [5, 5.41) is 0.504. The molecule has 2 N–H and O–H groups in total. The summed E-state index contributed by atoms with van der Waals surface area (Å²) in [6.45, 7) is -0.357. The lowest BCUT2D eigenvalue weighted by Crippen LogP contribution is -2.43. The Morgan fingerprint density at radius 3 is 2.50 bits per heavy atom. The number of nitrogens with one attached hydrogen (secondary N) is 2. The quantitative estimate of drug-likeness (QED) is 0.849. The summed E-state index contributed by atoms with van der Waals surface area (Å²) in [5.41, 5.74) is 4.76. The third kappa shape index (κ3) is 4.75. The van der Waals surface area contributed by atoms with Crippen LogP contribution in [0, 0.1) is 5.82 Å². The molecule has 7 heteroatoms. The highest BCUT2D eigenvalue weighted by atomic mass is 35.5.